The maximum atomic E-state index is 12.5. The Bertz CT molecular complexity index is 694. The Labute approximate surface area is 120 Å². The quantitative estimate of drug-likeness (QED) is 0.837. The monoisotopic (exact) mass is 341 g/mol. The molecule has 2 aromatic rings. The second-order valence-corrected chi connectivity index (χ2v) is 7.18. The molecule has 1 aliphatic heterocycles. The summed E-state index contributed by atoms with van der Waals surface area (Å²) in [5, 5.41) is 0. The van der Waals surface area contributed by atoms with Gasteiger partial charge in [-0.2, -0.15) is 4.31 Å². The van der Waals surface area contributed by atoms with Crippen LogP contribution in [0.2, 0.25) is 0 Å². The zero-order chi connectivity index (χ0) is 13.5. The summed E-state index contributed by atoms with van der Waals surface area (Å²) in [6.07, 6.45) is 3.57. The number of rotatable bonds is 2. The van der Waals surface area contributed by atoms with Crippen molar-refractivity contribution in [3.05, 3.63) is 47.0 Å². The molecule has 7 heteroatoms. The van der Waals surface area contributed by atoms with E-state index in [0.29, 0.717) is 24.5 Å². The first-order valence-electron chi connectivity index (χ1n) is 5.83. The predicted octanol–water partition coefficient (Wildman–Crippen LogP) is 1.85. The Balaban J connectivity index is 1.92. The number of halogens is 1. The van der Waals surface area contributed by atoms with Gasteiger partial charge >= 0.3 is 0 Å². The van der Waals surface area contributed by atoms with Gasteiger partial charge in [-0.1, -0.05) is 15.9 Å². The van der Waals surface area contributed by atoms with Crippen LogP contribution in [0.25, 0.3) is 0 Å². The maximum Gasteiger partial charge on any atom is 0.243 e. The van der Waals surface area contributed by atoms with Crippen LogP contribution in [0.15, 0.2) is 46.0 Å². The smallest absolute Gasteiger partial charge is 0.243 e. The lowest BCUT2D eigenvalue weighted by atomic mass is 10.4. The van der Waals surface area contributed by atoms with Gasteiger partial charge in [0.1, 0.15) is 5.82 Å². The van der Waals surface area contributed by atoms with Gasteiger partial charge in [-0.15, -0.1) is 0 Å². The molecule has 0 saturated carbocycles. The van der Waals surface area contributed by atoms with E-state index in [1.807, 2.05) is 10.8 Å². The van der Waals surface area contributed by atoms with Crippen LogP contribution in [0, 0.1) is 0 Å². The summed E-state index contributed by atoms with van der Waals surface area (Å²) in [7, 11) is -3.44. The predicted molar refractivity (Wildman–Crippen MR) is 74.0 cm³/mol. The molecular weight excluding hydrogens is 330 g/mol. The van der Waals surface area contributed by atoms with Crippen LogP contribution in [0.4, 0.5) is 0 Å². The number of hydrogen-bond donors (Lipinski definition) is 0. The molecule has 0 N–H and O–H groups in total. The van der Waals surface area contributed by atoms with Gasteiger partial charge in [0.15, 0.2) is 0 Å². The first-order valence-corrected chi connectivity index (χ1v) is 8.06. The third kappa shape index (κ3) is 2.33. The summed E-state index contributed by atoms with van der Waals surface area (Å²) >= 11 is 3.30. The van der Waals surface area contributed by atoms with Gasteiger partial charge in [0, 0.05) is 30.0 Å². The van der Waals surface area contributed by atoms with Crippen LogP contribution >= 0.6 is 15.9 Å². The minimum atomic E-state index is -3.44. The minimum absolute atomic E-state index is 0.315. The van der Waals surface area contributed by atoms with Crippen LogP contribution in [-0.2, 0) is 23.1 Å². The zero-order valence-corrected chi connectivity index (χ0v) is 12.4. The highest BCUT2D eigenvalue weighted by molar-refractivity contribution is 9.10. The lowest BCUT2D eigenvalue weighted by Gasteiger charge is -2.26. The van der Waals surface area contributed by atoms with Gasteiger partial charge in [0.25, 0.3) is 0 Å². The first-order chi connectivity index (χ1) is 9.07. The largest absolute Gasteiger partial charge is 0.333 e. The Morgan fingerprint density at radius 2 is 1.89 bits per heavy atom. The van der Waals surface area contributed by atoms with Crippen molar-refractivity contribution in [2.24, 2.45) is 0 Å². The number of nitrogens with zero attached hydrogens (tertiary/aromatic N) is 3. The standard InChI is InChI=1S/C12H12BrN3O2S/c13-10-1-3-11(4-2-10)19(17,18)16-8-7-15-6-5-14-12(15)9-16/h1-6H,7-9H2. The van der Waals surface area contributed by atoms with E-state index in [4.69, 9.17) is 0 Å². The van der Waals surface area contributed by atoms with Crippen LogP contribution in [-0.4, -0.2) is 28.8 Å². The molecule has 0 radical (unpaired) electrons. The highest BCUT2D eigenvalue weighted by atomic mass is 79.9. The Morgan fingerprint density at radius 3 is 2.63 bits per heavy atom. The topological polar surface area (TPSA) is 55.2 Å². The maximum absolute atomic E-state index is 12.5. The summed E-state index contributed by atoms with van der Waals surface area (Å²) in [5.41, 5.74) is 0. The molecule has 3 rings (SSSR count). The van der Waals surface area contributed by atoms with Gasteiger partial charge < -0.3 is 4.57 Å². The number of imidazole rings is 1. The van der Waals surface area contributed by atoms with Crippen molar-refractivity contribution in [2.75, 3.05) is 6.54 Å². The SMILES string of the molecule is O=S(=O)(c1ccc(Br)cc1)N1CCn2ccnc2C1. The number of benzene rings is 1. The second-order valence-electron chi connectivity index (χ2n) is 4.33. The van der Waals surface area contributed by atoms with Crippen molar-refractivity contribution in [3.8, 4) is 0 Å². The molecule has 0 fully saturated rings. The van der Waals surface area contributed by atoms with E-state index >= 15 is 0 Å². The number of hydrogen-bond acceptors (Lipinski definition) is 3. The number of sulfonamides is 1. The van der Waals surface area contributed by atoms with Gasteiger partial charge in [0.2, 0.25) is 10.0 Å². The molecule has 1 aromatic carbocycles. The summed E-state index contributed by atoms with van der Waals surface area (Å²) in [6, 6.07) is 6.69. The van der Waals surface area contributed by atoms with E-state index < -0.39 is 10.0 Å². The molecule has 100 valence electrons. The summed E-state index contributed by atoms with van der Waals surface area (Å²) in [5.74, 6) is 0.784. The van der Waals surface area contributed by atoms with Gasteiger partial charge in [-0.3, -0.25) is 0 Å². The van der Waals surface area contributed by atoms with Crippen molar-refractivity contribution >= 4 is 26.0 Å². The lowest BCUT2D eigenvalue weighted by molar-refractivity contribution is 0.335. The zero-order valence-electron chi connectivity index (χ0n) is 10.0. The molecule has 1 aromatic heterocycles. The first kappa shape index (κ1) is 12.8. The molecule has 0 unspecified atom stereocenters. The Hall–Kier alpha value is -1.18. The van der Waals surface area contributed by atoms with Crippen LogP contribution < -0.4 is 0 Å². The van der Waals surface area contributed by atoms with E-state index in [-0.39, 0.29) is 0 Å². The van der Waals surface area contributed by atoms with Gasteiger partial charge in [-0.05, 0) is 24.3 Å². The van der Waals surface area contributed by atoms with Crippen LogP contribution in [0.3, 0.4) is 0 Å². The Morgan fingerprint density at radius 1 is 1.16 bits per heavy atom. The fraction of sp³-hybridized carbons (Fsp3) is 0.250. The highest BCUT2D eigenvalue weighted by Crippen LogP contribution is 2.22. The molecule has 19 heavy (non-hydrogen) atoms. The lowest BCUT2D eigenvalue weighted by Crippen LogP contribution is -2.38. The van der Waals surface area contributed by atoms with E-state index in [1.54, 1.807) is 30.5 Å². The average Bonchev–Trinajstić information content (AvgIpc) is 2.86. The fourth-order valence-corrected chi connectivity index (χ4v) is 3.76. The molecule has 0 aliphatic carbocycles. The normalized spacial score (nSPS) is 16.3. The summed E-state index contributed by atoms with van der Waals surface area (Å²) in [6.45, 7) is 1.44. The third-order valence-electron chi connectivity index (χ3n) is 3.16. The molecular formula is C12H12BrN3O2S. The fourth-order valence-electron chi connectivity index (χ4n) is 2.11. The molecule has 0 spiro atoms. The average molecular weight is 342 g/mol. The Kier molecular flexibility index (Phi) is 3.20. The van der Waals surface area contributed by atoms with Crippen molar-refractivity contribution in [1.82, 2.24) is 13.9 Å². The van der Waals surface area contributed by atoms with E-state index in [2.05, 4.69) is 20.9 Å². The summed E-state index contributed by atoms with van der Waals surface area (Å²) in [4.78, 5) is 4.49. The second kappa shape index (κ2) is 4.73. The molecule has 2 heterocycles. The van der Waals surface area contributed by atoms with Crippen LogP contribution in [0.1, 0.15) is 5.82 Å². The molecule has 0 atom stereocenters. The van der Waals surface area contributed by atoms with E-state index in [1.165, 1.54) is 4.31 Å². The number of aromatic nitrogens is 2. The highest BCUT2D eigenvalue weighted by Gasteiger charge is 2.28. The molecule has 0 amide bonds. The molecule has 1 aliphatic rings. The van der Waals surface area contributed by atoms with Crippen LogP contribution in [0.5, 0.6) is 0 Å². The van der Waals surface area contributed by atoms with Gasteiger partial charge in [0.05, 0.1) is 11.4 Å². The third-order valence-corrected chi connectivity index (χ3v) is 5.55. The van der Waals surface area contributed by atoms with Crippen molar-refractivity contribution < 1.29 is 8.42 Å². The summed E-state index contributed by atoms with van der Waals surface area (Å²) < 4.78 is 29.3. The molecule has 0 saturated heterocycles. The van der Waals surface area contributed by atoms with E-state index in [0.717, 1.165) is 10.3 Å². The van der Waals surface area contributed by atoms with E-state index in [9.17, 15) is 8.42 Å². The van der Waals surface area contributed by atoms with Crippen molar-refractivity contribution in [3.63, 3.8) is 0 Å². The van der Waals surface area contributed by atoms with Crippen molar-refractivity contribution in [1.29, 1.82) is 0 Å². The van der Waals surface area contributed by atoms with Crippen molar-refractivity contribution in [2.45, 2.75) is 18.0 Å². The minimum Gasteiger partial charge on any atom is -0.333 e. The molecule has 0 bridgehead atoms. The molecule has 5 nitrogen and oxygen atoms in total. The van der Waals surface area contributed by atoms with Gasteiger partial charge in [-0.25, -0.2) is 13.4 Å². The number of fused-ring (bicyclic) bond motifs is 1.